The van der Waals surface area contributed by atoms with Crippen molar-refractivity contribution in [3.05, 3.63) is 62.7 Å². The highest BCUT2D eigenvalue weighted by Crippen LogP contribution is 2.30. The molecule has 4 nitrogen and oxygen atoms in total. The lowest BCUT2D eigenvalue weighted by Gasteiger charge is -2.11. The number of nitrogens with zero attached hydrogens (tertiary/aromatic N) is 3. The van der Waals surface area contributed by atoms with Crippen molar-refractivity contribution < 1.29 is 4.79 Å². The quantitative estimate of drug-likeness (QED) is 0.401. The molecule has 1 fully saturated rings. The second-order valence-electron chi connectivity index (χ2n) is 5.69. The second kappa shape index (κ2) is 7.21. The molecule has 0 N–H and O–H groups in total. The molecule has 0 aromatic heterocycles. The van der Waals surface area contributed by atoms with Gasteiger partial charge in [-0.05, 0) is 60.1 Å². The van der Waals surface area contributed by atoms with Gasteiger partial charge in [0.15, 0.2) is 5.78 Å². The third-order valence-corrected chi connectivity index (χ3v) is 4.66. The highest BCUT2D eigenvalue weighted by atomic mass is 127. The summed E-state index contributed by atoms with van der Waals surface area (Å²) in [4.78, 5) is 12.8. The molecule has 5 heteroatoms. The van der Waals surface area contributed by atoms with Crippen molar-refractivity contribution in [2.45, 2.75) is 19.8 Å². The molecule has 1 heterocycles. The van der Waals surface area contributed by atoms with Gasteiger partial charge in [-0.2, -0.15) is 0 Å². The minimum atomic E-state index is -0.0115. The van der Waals surface area contributed by atoms with Crippen molar-refractivity contribution in [3.63, 3.8) is 0 Å². The molecule has 0 bridgehead atoms. The molecule has 23 heavy (non-hydrogen) atoms. The fourth-order valence-electron chi connectivity index (χ4n) is 2.65. The molecule has 0 radical (unpaired) electrons. The van der Waals surface area contributed by atoms with Crippen LogP contribution in [0.5, 0.6) is 0 Å². The summed E-state index contributed by atoms with van der Waals surface area (Å²) in [5.41, 5.74) is 3.00. The van der Waals surface area contributed by atoms with Crippen LogP contribution in [-0.2, 0) is 0 Å². The van der Waals surface area contributed by atoms with Crippen LogP contribution in [0.25, 0.3) is 0 Å². The number of carbonyl (C=O) groups is 1. The number of rotatable bonds is 4. The van der Waals surface area contributed by atoms with Gasteiger partial charge in [0, 0.05) is 22.2 Å². The minimum Gasteiger partial charge on any atom is -0.289 e. The van der Waals surface area contributed by atoms with Crippen molar-refractivity contribution in [2.75, 3.05) is 13.1 Å². The van der Waals surface area contributed by atoms with Crippen LogP contribution in [-0.4, -0.2) is 23.9 Å². The number of halogens is 1. The monoisotopic (exact) mass is 419 g/mol. The molecule has 118 valence electrons. The number of hydrogen-bond acceptors (Lipinski definition) is 3. The van der Waals surface area contributed by atoms with E-state index in [4.69, 9.17) is 0 Å². The van der Waals surface area contributed by atoms with Crippen molar-refractivity contribution in [1.82, 2.24) is 5.01 Å². The van der Waals surface area contributed by atoms with Crippen LogP contribution in [0.1, 0.15) is 34.3 Å². The summed E-state index contributed by atoms with van der Waals surface area (Å²) in [5, 5.41) is 10.7. The van der Waals surface area contributed by atoms with Gasteiger partial charge in [0.05, 0.1) is 5.56 Å². The predicted octanol–water partition coefficient (Wildman–Crippen LogP) is 4.93. The fraction of sp³-hybridized carbons (Fsp3) is 0.278. The summed E-state index contributed by atoms with van der Waals surface area (Å²) in [6.45, 7) is 3.87. The van der Waals surface area contributed by atoms with Crippen LogP contribution >= 0.6 is 22.6 Å². The van der Waals surface area contributed by atoms with Crippen molar-refractivity contribution in [3.8, 4) is 0 Å². The van der Waals surface area contributed by atoms with E-state index in [2.05, 4.69) is 32.9 Å². The van der Waals surface area contributed by atoms with E-state index in [-0.39, 0.29) is 5.78 Å². The van der Waals surface area contributed by atoms with E-state index in [1.54, 1.807) is 0 Å². The summed E-state index contributed by atoms with van der Waals surface area (Å²) < 4.78 is 0.949. The van der Waals surface area contributed by atoms with Gasteiger partial charge in [0.1, 0.15) is 5.69 Å². The average Bonchev–Trinajstić information content (AvgIpc) is 3.07. The lowest BCUT2D eigenvalue weighted by Crippen LogP contribution is -2.10. The Bertz CT molecular complexity index is 737. The first-order valence-corrected chi connectivity index (χ1v) is 8.79. The highest BCUT2D eigenvalue weighted by molar-refractivity contribution is 14.1. The van der Waals surface area contributed by atoms with Crippen molar-refractivity contribution in [1.29, 1.82) is 0 Å². The van der Waals surface area contributed by atoms with E-state index < -0.39 is 0 Å². The van der Waals surface area contributed by atoms with Crippen LogP contribution in [0.2, 0.25) is 0 Å². The maximum atomic E-state index is 12.8. The maximum absolute atomic E-state index is 12.8. The Morgan fingerprint density at radius 2 is 1.83 bits per heavy atom. The topological polar surface area (TPSA) is 45.0 Å². The maximum Gasteiger partial charge on any atom is 0.195 e. The first-order valence-electron chi connectivity index (χ1n) is 7.71. The van der Waals surface area contributed by atoms with E-state index in [1.165, 1.54) is 0 Å². The fourth-order valence-corrected chi connectivity index (χ4v) is 3.54. The lowest BCUT2D eigenvalue weighted by atomic mass is 10.00. The van der Waals surface area contributed by atoms with E-state index in [0.717, 1.165) is 35.1 Å². The Morgan fingerprint density at radius 1 is 1.13 bits per heavy atom. The van der Waals surface area contributed by atoms with Gasteiger partial charge in [0.2, 0.25) is 0 Å². The molecule has 0 saturated carbocycles. The Kier molecular flexibility index (Phi) is 5.05. The van der Waals surface area contributed by atoms with E-state index in [9.17, 15) is 4.79 Å². The molecule has 0 aliphatic carbocycles. The minimum absolute atomic E-state index is 0.0115. The van der Waals surface area contributed by atoms with E-state index >= 15 is 0 Å². The summed E-state index contributed by atoms with van der Waals surface area (Å²) in [6, 6.07) is 13.2. The molecule has 3 rings (SSSR count). The molecular formula is C18H18IN3O. The molecule has 1 aliphatic heterocycles. The van der Waals surface area contributed by atoms with Gasteiger partial charge in [0.25, 0.3) is 0 Å². The van der Waals surface area contributed by atoms with E-state index in [0.29, 0.717) is 16.8 Å². The zero-order valence-corrected chi connectivity index (χ0v) is 15.2. The molecule has 1 saturated heterocycles. The van der Waals surface area contributed by atoms with Crippen LogP contribution in [0.15, 0.2) is 52.8 Å². The third-order valence-electron chi connectivity index (χ3n) is 3.84. The van der Waals surface area contributed by atoms with Crippen LogP contribution in [0.4, 0.5) is 5.69 Å². The normalized spacial score (nSPS) is 14.6. The second-order valence-corrected chi connectivity index (χ2v) is 6.85. The number of ketones is 1. The Balaban J connectivity index is 1.99. The van der Waals surface area contributed by atoms with Gasteiger partial charge < -0.3 is 0 Å². The smallest absolute Gasteiger partial charge is 0.195 e. The Morgan fingerprint density at radius 3 is 2.52 bits per heavy atom. The molecule has 0 atom stereocenters. The van der Waals surface area contributed by atoms with Gasteiger partial charge in [-0.1, -0.05) is 35.6 Å². The summed E-state index contributed by atoms with van der Waals surface area (Å²) in [5.74, 6) is -0.0115. The highest BCUT2D eigenvalue weighted by Gasteiger charge is 2.17. The van der Waals surface area contributed by atoms with Crippen molar-refractivity contribution in [2.24, 2.45) is 10.3 Å². The molecular weight excluding hydrogens is 401 g/mol. The zero-order valence-electron chi connectivity index (χ0n) is 13.0. The number of hydrogen-bond donors (Lipinski definition) is 0. The van der Waals surface area contributed by atoms with Crippen LogP contribution in [0.3, 0.4) is 0 Å². The summed E-state index contributed by atoms with van der Waals surface area (Å²) in [6.07, 6.45) is 2.31. The van der Waals surface area contributed by atoms with Gasteiger partial charge in [-0.15, -0.1) is 5.11 Å². The molecule has 1 aliphatic rings. The zero-order chi connectivity index (χ0) is 16.2. The largest absolute Gasteiger partial charge is 0.289 e. The van der Waals surface area contributed by atoms with E-state index in [1.807, 2.05) is 54.4 Å². The van der Waals surface area contributed by atoms with Crippen LogP contribution < -0.4 is 0 Å². The molecule has 0 spiro atoms. The summed E-state index contributed by atoms with van der Waals surface area (Å²) >= 11 is 2.23. The Labute approximate surface area is 149 Å². The standard InChI is InChI=1S/C18H18IN3O/c1-13-11-15(18(23)14-7-3-2-4-8-14)17(16(19)12-13)20-21-22-9-5-6-10-22/h2-4,7-8,11-12H,5-6,9-10H2,1H3. The van der Waals surface area contributed by atoms with Gasteiger partial charge >= 0.3 is 0 Å². The predicted molar refractivity (Wildman–Crippen MR) is 99.1 cm³/mol. The third kappa shape index (κ3) is 3.77. The number of aryl methyl sites for hydroxylation is 1. The SMILES string of the molecule is Cc1cc(I)c(N=NN2CCCC2)c(C(=O)c2ccccc2)c1. The molecule has 2 aromatic carbocycles. The van der Waals surface area contributed by atoms with Crippen LogP contribution in [0, 0.1) is 10.5 Å². The van der Waals surface area contributed by atoms with Gasteiger partial charge in [-0.3, -0.25) is 9.80 Å². The number of benzene rings is 2. The average molecular weight is 419 g/mol. The Hall–Kier alpha value is -1.76. The molecule has 0 unspecified atom stereocenters. The first kappa shape index (κ1) is 16.1. The molecule has 0 amide bonds. The number of carbonyl (C=O) groups excluding carboxylic acids is 1. The molecule has 2 aromatic rings. The van der Waals surface area contributed by atoms with Crippen molar-refractivity contribution >= 4 is 34.1 Å². The lowest BCUT2D eigenvalue weighted by molar-refractivity contribution is 0.103. The summed E-state index contributed by atoms with van der Waals surface area (Å²) in [7, 11) is 0. The van der Waals surface area contributed by atoms with Gasteiger partial charge in [-0.25, -0.2) is 0 Å². The first-order chi connectivity index (χ1) is 11.1.